The number of benzene rings is 1. The van der Waals surface area contributed by atoms with Crippen molar-refractivity contribution in [3.63, 3.8) is 0 Å². The highest BCUT2D eigenvalue weighted by atomic mass is 32.2. The quantitative estimate of drug-likeness (QED) is 0.450. The Morgan fingerprint density at radius 1 is 1.43 bits per heavy atom. The molecular weight excluding hydrogens is 326 g/mol. The van der Waals surface area contributed by atoms with Crippen molar-refractivity contribution in [1.29, 1.82) is 5.26 Å². The topological polar surface area (TPSA) is 47.3 Å². The molecule has 1 saturated heterocycles. The standard InChI is InChI=1S/C17H17N3OS2/c1-3-10-20-16(21)15(23-17(20)22)12-13-5-7-14(8-6-13)19(2)11-4-9-18/h3,5-8,12H,1,4,10-11H2,2H3. The minimum Gasteiger partial charge on any atom is -0.374 e. The summed E-state index contributed by atoms with van der Waals surface area (Å²) in [4.78, 5) is 16.5. The average Bonchev–Trinajstić information content (AvgIpc) is 2.81. The van der Waals surface area contributed by atoms with Crippen LogP contribution in [0.1, 0.15) is 12.0 Å². The van der Waals surface area contributed by atoms with Gasteiger partial charge in [-0.15, -0.1) is 6.58 Å². The van der Waals surface area contributed by atoms with Crippen LogP contribution < -0.4 is 4.90 Å². The van der Waals surface area contributed by atoms with Gasteiger partial charge < -0.3 is 4.90 Å². The molecule has 1 aliphatic rings. The van der Waals surface area contributed by atoms with Crippen LogP contribution in [0.15, 0.2) is 41.8 Å². The largest absolute Gasteiger partial charge is 0.374 e. The van der Waals surface area contributed by atoms with Crippen LogP contribution in [0, 0.1) is 11.3 Å². The summed E-state index contributed by atoms with van der Waals surface area (Å²) in [5, 5.41) is 8.63. The smallest absolute Gasteiger partial charge is 0.266 e. The minimum absolute atomic E-state index is 0.0740. The Morgan fingerprint density at radius 2 is 2.13 bits per heavy atom. The molecule has 1 fully saturated rings. The van der Waals surface area contributed by atoms with Crippen LogP contribution in [0.5, 0.6) is 0 Å². The third kappa shape index (κ3) is 4.21. The Bertz CT molecular complexity index is 689. The molecular formula is C17H17N3OS2. The van der Waals surface area contributed by atoms with E-state index in [1.807, 2.05) is 42.3 Å². The zero-order valence-corrected chi connectivity index (χ0v) is 14.5. The van der Waals surface area contributed by atoms with Gasteiger partial charge in [-0.3, -0.25) is 9.69 Å². The second-order valence-corrected chi connectivity index (χ2v) is 6.68. The highest BCUT2D eigenvalue weighted by Crippen LogP contribution is 2.32. The zero-order chi connectivity index (χ0) is 16.8. The Balaban J connectivity index is 2.12. The van der Waals surface area contributed by atoms with Crippen molar-refractivity contribution in [3.8, 4) is 6.07 Å². The van der Waals surface area contributed by atoms with Gasteiger partial charge in [-0.1, -0.05) is 42.2 Å². The van der Waals surface area contributed by atoms with Gasteiger partial charge >= 0.3 is 0 Å². The van der Waals surface area contributed by atoms with Crippen LogP contribution in [0.3, 0.4) is 0 Å². The van der Waals surface area contributed by atoms with E-state index < -0.39 is 0 Å². The van der Waals surface area contributed by atoms with Crippen molar-refractivity contribution in [2.75, 3.05) is 25.0 Å². The molecule has 2 rings (SSSR count). The fourth-order valence-electron chi connectivity index (χ4n) is 2.11. The van der Waals surface area contributed by atoms with Crippen LogP contribution in [-0.4, -0.2) is 35.3 Å². The molecule has 1 aliphatic heterocycles. The fraction of sp³-hybridized carbons (Fsp3) is 0.235. The van der Waals surface area contributed by atoms with E-state index in [9.17, 15) is 4.79 Å². The van der Waals surface area contributed by atoms with E-state index in [1.165, 1.54) is 11.8 Å². The van der Waals surface area contributed by atoms with E-state index in [2.05, 4.69) is 12.6 Å². The first kappa shape index (κ1) is 17.3. The van der Waals surface area contributed by atoms with Gasteiger partial charge in [0.05, 0.1) is 17.4 Å². The lowest BCUT2D eigenvalue weighted by atomic mass is 10.1. The molecule has 0 spiro atoms. The Labute approximate surface area is 146 Å². The molecule has 0 aliphatic carbocycles. The first-order valence-corrected chi connectivity index (χ1v) is 8.33. The molecule has 0 unspecified atom stereocenters. The molecule has 1 aromatic rings. The fourth-order valence-corrected chi connectivity index (χ4v) is 3.38. The maximum absolute atomic E-state index is 12.3. The second-order valence-electron chi connectivity index (χ2n) is 5.00. The summed E-state index contributed by atoms with van der Waals surface area (Å²) < 4.78 is 0.564. The summed E-state index contributed by atoms with van der Waals surface area (Å²) >= 11 is 6.53. The van der Waals surface area contributed by atoms with Crippen molar-refractivity contribution in [2.24, 2.45) is 0 Å². The number of thiocarbonyl (C=S) groups is 1. The van der Waals surface area contributed by atoms with Gasteiger partial charge in [-0.2, -0.15) is 5.26 Å². The summed E-state index contributed by atoms with van der Waals surface area (Å²) in [5.41, 5.74) is 1.98. The summed E-state index contributed by atoms with van der Waals surface area (Å²) in [6.45, 7) is 4.77. The number of thioether (sulfide) groups is 1. The van der Waals surface area contributed by atoms with Crippen LogP contribution in [0.2, 0.25) is 0 Å². The van der Waals surface area contributed by atoms with E-state index >= 15 is 0 Å². The van der Waals surface area contributed by atoms with Gasteiger partial charge in [0.25, 0.3) is 5.91 Å². The number of carbonyl (C=O) groups excluding carboxylic acids is 1. The molecule has 6 heteroatoms. The van der Waals surface area contributed by atoms with Crippen LogP contribution in [-0.2, 0) is 4.79 Å². The third-order valence-corrected chi connectivity index (χ3v) is 4.75. The number of hydrogen-bond donors (Lipinski definition) is 0. The van der Waals surface area contributed by atoms with Gasteiger partial charge in [0.2, 0.25) is 0 Å². The maximum atomic E-state index is 12.3. The molecule has 23 heavy (non-hydrogen) atoms. The number of hydrogen-bond acceptors (Lipinski definition) is 5. The summed E-state index contributed by atoms with van der Waals surface area (Å²) in [7, 11) is 1.95. The van der Waals surface area contributed by atoms with Gasteiger partial charge in [0, 0.05) is 25.8 Å². The minimum atomic E-state index is -0.0740. The average molecular weight is 343 g/mol. The normalized spacial score (nSPS) is 15.8. The number of nitriles is 1. The van der Waals surface area contributed by atoms with Crippen molar-refractivity contribution in [1.82, 2.24) is 4.90 Å². The molecule has 1 heterocycles. The van der Waals surface area contributed by atoms with Crippen LogP contribution in [0.25, 0.3) is 6.08 Å². The lowest BCUT2D eigenvalue weighted by Gasteiger charge is -2.17. The lowest BCUT2D eigenvalue weighted by molar-refractivity contribution is -0.121. The molecule has 0 atom stereocenters. The van der Waals surface area contributed by atoms with E-state index in [0.717, 1.165) is 11.3 Å². The third-order valence-electron chi connectivity index (χ3n) is 3.38. The maximum Gasteiger partial charge on any atom is 0.266 e. The van der Waals surface area contributed by atoms with Gasteiger partial charge in [0.15, 0.2) is 0 Å². The lowest BCUT2D eigenvalue weighted by Crippen LogP contribution is -2.27. The Hall–Kier alpha value is -2.10. The molecule has 0 saturated carbocycles. The predicted octanol–water partition coefficient (Wildman–Crippen LogP) is 3.42. The molecule has 4 nitrogen and oxygen atoms in total. The predicted molar refractivity (Wildman–Crippen MR) is 100 cm³/mol. The second kappa shape index (κ2) is 7.95. The molecule has 0 aromatic heterocycles. The first-order chi connectivity index (χ1) is 11.1. The van der Waals surface area contributed by atoms with Gasteiger partial charge in [0.1, 0.15) is 4.32 Å². The van der Waals surface area contributed by atoms with Gasteiger partial charge in [-0.25, -0.2) is 0 Å². The van der Waals surface area contributed by atoms with E-state index in [4.69, 9.17) is 17.5 Å². The molecule has 0 bridgehead atoms. The number of nitrogens with zero attached hydrogens (tertiary/aromatic N) is 3. The summed E-state index contributed by atoms with van der Waals surface area (Å²) in [5.74, 6) is -0.0740. The Kier molecular flexibility index (Phi) is 5.97. The molecule has 0 N–H and O–H groups in total. The number of amides is 1. The number of anilines is 1. The summed E-state index contributed by atoms with van der Waals surface area (Å²) in [6.07, 6.45) is 4.01. The van der Waals surface area contributed by atoms with Crippen LogP contribution in [0.4, 0.5) is 5.69 Å². The summed E-state index contributed by atoms with van der Waals surface area (Å²) in [6, 6.07) is 10.0. The van der Waals surface area contributed by atoms with Crippen LogP contribution >= 0.6 is 24.0 Å². The number of rotatable bonds is 6. The Morgan fingerprint density at radius 3 is 2.74 bits per heavy atom. The van der Waals surface area contributed by atoms with E-state index in [1.54, 1.807) is 11.0 Å². The molecule has 1 aromatic carbocycles. The molecule has 0 radical (unpaired) electrons. The first-order valence-electron chi connectivity index (χ1n) is 7.11. The van der Waals surface area contributed by atoms with E-state index in [0.29, 0.717) is 28.7 Å². The van der Waals surface area contributed by atoms with Gasteiger partial charge in [-0.05, 0) is 23.8 Å². The molecule has 1 amide bonds. The highest BCUT2D eigenvalue weighted by Gasteiger charge is 2.30. The van der Waals surface area contributed by atoms with Crippen molar-refractivity contribution in [3.05, 3.63) is 47.4 Å². The monoisotopic (exact) mass is 343 g/mol. The van der Waals surface area contributed by atoms with Crippen molar-refractivity contribution >= 4 is 46.0 Å². The zero-order valence-electron chi connectivity index (χ0n) is 12.9. The van der Waals surface area contributed by atoms with Crippen molar-refractivity contribution < 1.29 is 4.79 Å². The molecule has 118 valence electrons. The SMILES string of the molecule is C=CCN1C(=O)C(=Cc2ccc(N(C)CCC#N)cc2)SC1=S. The number of carbonyl (C=O) groups is 1. The highest BCUT2D eigenvalue weighted by molar-refractivity contribution is 8.26. The van der Waals surface area contributed by atoms with E-state index in [-0.39, 0.29) is 5.91 Å². The van der Waals surface area contributed by atoms with Crippen molar-refractivity contribution in [2.45, 2.75) is 6.42 Å².